The smallest absolute Gasteiger partial charge is 0.259 e. The number of nitrogen functional groups attached to an aromatic ring is 1. The third-order valence-electron chi connectivity index (χ3n) is 4.65. The number of rotatable bonds is 5. The molecule has 0 bridgehead atoms. The van der Waals surface area contributed by atoms with E-state index in [4.69, 9.17) is 5.73 Å². The number of hydrogen-bond acceptors (Lipinski definition) is 4. The zero-order valence-electron chi connectivity index (χ0n) is 14.3. The zero-order valence-corrected chi connectivity index (χ0v) is 14.3. The van der Waals surface area contributed by atoms with Gasteiger partial charge in [0.2, 0.25) is 0 Å². The van der Waals surface area contributed by atoms with Gasteiger partial charge in [-0.3, -0.25) is 9.48 Å². The summed E-state index contributed by atoms with van der Waals surface area (Å²) in [5, 5.41) is 5.14. The number of anilines is 1. The maximum Gasteiger partial charge on any atom is 0.259 e. The standard InChI is InChI=1S/C18H23N5O/c1-4-11(5-2)10-14-15(16(19)23(3)22-14)17-20-13-9-7-6-8-12(13)18(24)21-17/h6-9,11H,4-5,10,19H2,1-3H3,(H,20,21,24). The fourth-order valence-corrected chi connectivity index (χ4v) is 3.05. The van der Waals surface area contributed by atoms with E-state index in [2.05, 4.69) is 28.9 Å². The van der Waals surface area contributed by atoms with Gasteiger partial charge in [0.25, 0.3) is 5.56 Å². The lowest BCUT2D eigenvalue weighted by molar-refractivity contribution is 0.482. The lowest BCUT2D eigenvalue weighted by Gasteiger charge is -2.11. The average molecular weight is 325 g/mol. The summed E-state index contributed by atoms with van der Waals surface area (Å²) in [6.45, 7) is 4.35. The van der Waals surface area contributed by atoms with Gasteiger partial charge in [-0.1, -0.05) is 38.8 Å². The number of nitrogens with one attached hydrogen (secondary N) is 1. The van der Waals surface area contributed by atoms with Crippen molar-refractivity contribution < 1.29 is 0 Å². The Balaban J connectivity index is 2.17. The fraction of sp³-hybridized carbons (Fsp3) is 0.389. The molecule has 24 heavy (non-hydrogen) atoms. The van der Waals surface area contributed by atoms with Crippen LogP contribution < -0.4 is 11.3 Å². The van der Waals surface area contributed by atoms with E-state index in [0.29, 0.717) is 28.5 Å². The minimum atomic E-state index is -0.160. The lowest BCUT2D eigenvalue weighted by atomic mass is 9.95. The molecule has 0 fully saturated rings. The minimum Gasteiger partial charge on any atom is -0.383 e. The third-order valence-corrected chi connectivity index (χ3v) is 4.65. The van der Waals surface area contributed by atoms with Crippen molar-refractivity contribution in [2.45, 2.75) is 33.1 Å². The molecule has 3 aromatic rings. The van der Waals surface area contributed by atoms with Gasteiger partial charge >= 0.3 is 0 Å². The molecule has 3 N–H and O–H groups in total. The van der Waals surface area contributed by atoms with E-state index in [1.807, 2.05) is 25.2 Å². The first kappa shape index (κ1) is 16.2. The third kappa shape index (κ3) is 2.79. The molecule has 3 rings (SSSR count). The van der Waals surface area contributed by atoms with Gasteiger partial charge in [0.1, 0.15) is 11.6 Å². The van der Waals surface area contributed by atoms with E-state index in [1.54, 1.807) is 10.7 Å². The highest BCUT2D eigenvalue weighted by Gasteiger charge is 2.20. The van der Waals surface area contributed by atoms with Crippen LogP contribution in [0.2, 0.25) is 0 Å². The highest BCUT2D eigenvalue weighted by atomic mass is 16.1. The first-order chi connectivity index (χ1) is 11.5. The molecule has 0 saturated heterocycles. The van der Waals surface area contributed by atoms with Gasteiger partial charge in [-0.05, 0) is 24.5 Å². The summed E-state index contributed by atoms with van der Waals surface area (Å²) in [6.07, 6.45) is 2.98. The molecule has 6 heteroatoms. The highest BCUT2D eigenvalue weighted by Crippen LogP contribution is 2.29. The van der Waals surface area contributed by atoms with Crippen molar-refractivity contribution in [2.75, 3.05) is 5.73 Å². The summed E-state index contributed by atoms with van der Waals surface area (Å²) >= 11 is 0. The summed E-state index contributed by atoms with van der Waals surface area (Å²) in [5.74, 6) is 1.55. The minimum absolute atomic E-state index is 0.160. The summed E-state index contributed by atoms with van der Waals surface area (Å²) in [6, 6.07) is 7.30. The van der Waals surface area contributed by atoms with Crippen molar-refractivity contribution in [3.8, 4) is 11.4 Å². The Kier molecular flexibility index (Phi) is 4.38. The quantitative estimate of drug-likeness (QED) is 0.755. The van der Waals surface area contributed by atoms with Crippen LogP contribution in [0.15, 0.2) is 29.1 Å². The molecule has 1 aromatic carbocycles. The maximum absolute atomic E-state index is 12.4. The van der Waals surface area contributed by atoms with E-state index >= 15 is 0 Å². The second kappa shape index (κ2) is 6.47. The molecule has 0 aliphatic rings. The Labute approximate surface area is 140 Å². The molecule has 2 aromatic heterocycles. The average Bonchev–Trinajstić information content (AvgIpc) is 2.86. The number of aryl methyl sites for hydroxylation is 1. The molecule has 0 amide bonds. The van der Waals surface area contributed by atoms with Gasteiger partial charge in [0.15, 0.2) is 0 Å². The van der Waals surface area contributed by atoms with Crippen molar-refractivity contribution in [2.24, 2.45) is 13.0 Å². The Bertz CT molecular complexity index is 921. The number of hydrogen-bond donors (Lipinski definition) is 2. The SMILES string of the molecule is CCC(CC)Cc1nn(C)c(N)c1-c1nc2ccccc2c(=O)[nH]1. The number of aromatic nitrogens is 4. The van der Waals surface area contributed by atoms with Crippen LogP contribution in [0.1, 0.15) is 32.4 Å². The molecule has 0 radical (unpaired) electrons. The van der Waals surface area contributed by atoms with Crippen molar-refractivity contribution in [1.29, 1.82) is 0 Å². The molecule has 6 nitrogen and oxygen atoms in total. The summed E-state index contributed by atoms with van der Waals surface area (Å²) < 4.78 is 1.65. The first-order valence-electron chi connectivity index (χ1n) is 8.35. The number of H-pyrrole nitrogens is 1. The number of aromatic amines is 1. The Morgan fingerprint density at radius 3 is 2.67 bits per heavy atom. The van der Waals surface area contributed by atoms with E-state index in [1.165, 1.54) is 0 Å². The van der Waals surface area contributed by atoms with E-state index in [0.717, 1.165) is 30.5 Å². The van der Waals surface area contributed by atoms with Gasteiger partial charge in [0, 0.05) is 7.05 Å². The molecule has 0 aliphatic carbocycles. The molecular weight excluding hydrogens is 302 g/mol. The van der Waals surface area contributed by atoms with Crippen LogP contribution in [0.4, 0.5) is 5.82 Å². The van der Waals surface area contributed by atoms with Crippen molar-refractivity contribution in [3.63, 3.8) is 0 Å². The van der Waals surface area contributed by atoms with Gasteiger partial charge in [-0.2, -0.15) is 5.10 Å². The molecule has 2 heterocycles. The van der Waals surface area contributed by atoms with Gasteiger partial charge < -0.3 is 10.7 Å². The van der Waals surface area contributed by atoms with Crippen LogP contribution in [-0.2, 0) is 13.5 Å². The number of nitrogens with zero attached hydrogens (tertiary/aromatic N) is 3. The monoisotopic (exact) mass is 325 g/mol. The van der Waals surface area contributed by atoms with Crippen LogP contribution in [0.5, 0.6) is 0 Å². The van der Waals surface area contributed by atoms with E-state index in [9.17, 15) is 4.79 Å². The molecule has 0 atom stereocenters. The predicted octanol–water partition coefficient (Wildman–Crippen LogP) is 2.88. The van der Waals surface area contributed by atoms with Crippen molar-refractivity contribution >= 4 is 16.7 Å². The van der Waals surface area contributed by atoms with Crippen molar-refractivity contribution in [1.82, 2.24) is 19.7 Å². The fourth-order valence-electron chi connectivity index (χ4n) is 3.05. The molecular formula is C18H23N5O. The van der Waals surface area contributed by atoms with Crippen molar-refractivity contribution in [3.05, 3.63) is 40.3 Å². The van der Waals surface area contributed by atoms with Gasteiger partial charge in [-0.25, -0.2) is 4.98 Å². The summed E-state index contributed by atoms with van der Waals surface area (Å²) in [7, 11) is 1.81. The van der Waals surface area contributed by atoms with Crippen LogP contribution in [-0.4, -0.2) is 19.7 Å². The van der Waals surface area contributed by atoms with E-state index < -0.39 is 0 Å². The van der Waals surface area contributed by atoms with Crippen LogP contribution in [0, 0.1) is 5.92 Å². The Morgan fingerprint density at radius 1 is 1.25 bits per heavy atom. The highest BCUT2D eigenvalue weighted by molar-refractivity contribution is 5.81. The predicted molar refractivity (Wildman–Crippen MR) is 96.8 cm³/mol. The molecule has 0 unspecified atom stereocenters. The zero-order chi connectivity index (χ0) is 17.3. The second-order valence-corrected chi connectivity index (χ2v) is 6.15. The Morgan fingerprint density at radius 2 is 1.96 bits per heavy atom. The molecule has 0 spiro atoms. The number of para-hydroxylation sites is 1. The van der Waals surface area contributed by atoms with Crippen LogP contribution in [0.3, 0.4) is 0 Å². The maximum atomic E-state index is 12.4. The second-order valence-electron chi connectivity index (χ2n) is 6.15. The molecule has 126 valence electrons. The van der Waals surface area contributed by atoms with Crippen LogP contribution >= 0.6 is 0 Å². The summed E-state index contributed by atoms with van der Waals surface area (Å²) in [4.78, 5) is 19.9. The summed E-state index contributed by atoms with van der Waals surface area (Å²) in [5.41, 5.74) is 8.36. The normalized spacial score (nSPS) is 11.5. The number of fused-ring (bicyclic) bond motifs is 1. The largest absolute Gasteiger partial charge is 0.383 e. The number of nitrogens with two attached hydrogens (primary N) is 1. The van der Waals surface area contributed by atoms with E-state index in [-0.39, 0.29) is 5.56 Å². The van der Waals surface area contributed by atoms with Gasteiger partial charge in [-0.15, -0.1) is 0 Å². The first-order valence-corrected chi connectivity index (χ1v) is 8.35. The number of benzene rings is 1. The lowest BCUT2D eigenvalue weighted by Crippen LogP contribution is -2.11. The molecule has 0 saturated carbocycles. The van der Waals surface area contributed by atoms with Gasteiger partial charge in [0.05, 0.1) is 22.2 Å². The Hall–Kier alpha value is -2.63. The van der Waals surface area contributed by atoms with Crippen LogP contribution in [0.25, 0.3) is 22.3 Å². The molecule has 0 aliphatic heterocycles. The topological polar surface area (TPSA) is 89.6 Å².